The molecule has 7 nitrogen and oxygen atoms in total. The average Bonchev–Trinajstić information content (AvgIpc) is 1.54. The Morgan fingerprint density at radius 2 is 0.539 bits per heavy atom. The van der Waals surface area contributed by atoms with Crippen LogP contribution in [-0.4, -0.2) is 29.9 Å². The highest BCUT2D eigenvalue weighted by Gasteiger charge is 2.48. The highest BCUT2D eigenvalue weighted by atomic mass is 32.1. The van der Waals surface area contributed by atoms with Gasteiger partial charge in [0.1, 0.15) is 11.2 Å². The average molecular weight is 1650 g/mol. The number of nitrogens with zero attached hydrogens (tertiary/aromatic N) is 6. The van der Waals surface area contributed by atoms with E-state index in [2.05, 4.69) is 413 Å². The number of fused-ring (bicyclic) bond motifs is 13. The number of rotatable bonds is 14. The summed E-state index contributed by atoms with van der Waals surface area (Å²) < 4.78 is 9.33. The van der Waals surface area contributed by atoms with Gasteiger partial charge in [-0.1, -0.05) is 413 Å². The van der Waals surface area contributed by atoms with Gasteiger partial charge in [-0.05, 0) is 171 Å². The van der Waals surface area contributed by atoms with Crippen LogP contribution in [0, 0.1) is 0 Å². The fourth-order valence-electron chi connectivity index (χ4n) is 20.0. The number of thiophene rings is 1. The molecule has 0 amide bonds. The molecule has 25 rings (SSSR count). The van der Waals surface area contributed by atoms with Crippen LogP contribution >= 0.6 is 11.3 Å². The van der Waals surface area contributed by atoms with Crippen LogP contribution in [0.15, 0.2) is 465 Å². The lowest BCUT2D eigenvalue weighted by Gasteiger charge is -2.33. The monoisotopic (exact) mass is 1650 g/mol. The van der Waals surface area contributed by atoms with Crippen LogP contribution in [0.1, 0.15) is 44.5 Å². The molecule has 0 aliphatic heterocycles. The number of aromatic nitrogens is 6. The van der Waals surface area contributed by atoms with E-state index in [1.807, 2.05) is 59.9 Å². The molecule has 0 fully saturated rings. The van der Waals surface area contributed by atoms with Crippen LogP contribution < -0.4 is 0 Å². The molecule has 2 aliphatic carbocycles. The fraction of sp³-hybridized carbons (Fsp3) is 0.0167. The third-order valence-corrected chi connectivity index (χ3v) is 27.0. The molecule has 4 aromatic heterocycles. The summed E-state index contributed by atoms with van der Waals surface area (Å²) in [6.45, 7) is 0. The van der Waals surface area contributed by atoms with Crippen molar-refractivity contribution in [1.82, 2.24) is 29.9 Å². The van der Waals surface area contributed by atoms with Crippen LogP contribution in [-0.2, 0) is 10.8 Å². The van der Waals surface area contributed by atoms with Crippen molar-refractivity contribution in [1.29, 1.82) is 0 Å². The molecule has 19 aromatic carbocycles. The second-order valence-electron chi connectivity index (χ2n) is 33.0. The zero-order valence-electron chi connectivity index (χ0n) is 69.4. The van der Waals surface area contributed by atoms with Gasteiger partial charge in [0.2, 0.25) is 0 Å². The molecule has 0 unspecified atom stereocenters. The normalized spacial score (nSPS) is 12.7. The van der Waals surface area contributed by atoms with E-state index in [9.17, 15) is 0 Å². The van der Waals surface area contributed by atoms with Crippen LogP contribution in [0.2, 0.25) is 0 Å². The largest absolute Gasteiger partial charge is 0.456 e. The van der Waals surface area contributed by atoms with E-state index in [0.29, 0.717) is 34.9 Å². The van der Waals surface area contributed by atoms with Crippen molar-refractivity contribution < 1.29 is 4.42 Å². The second-order valence-corrected chi connectivity index (χ2v) is 34.1. The van der Waals surface area contributed by atoms with Crippen LogP contribution in [0.4, 0.5) is 0 Å². The van der Waals surface area contributed by atoms with Gasteiger partial charge in [0, 0.05) is 64.3 Å². The highest BCUT2D eigenvalue weighted by Crippen LogP contribution is 2.59. The second kappa shape index (κ2) is 31.4. The number of furan rings is 1. The van der Waals surface area contributed by atoms with Gasteiger partial charge in [0.05, 0.1) is 10.8 Å². The smallest absolute Gasteiger partial charge is 0.164 e. The van der Waals surface area contributed by atoms with Crippen molar-refractivity contribution in [2.45, 2.75) is 10.8 Å². The van der Waals surface area contributed by atoms with E-state index < -0.39 is 10.8 Å². The molecule has 0 atom stereocenters. The first kappa shape index (κ1) is 75.2. The molecule has 598 valence electrons. The minimum absolute atomic E-state index is 0.429. The molecule has 23 aromatic rings. The predicted octanol–water partition coefficient (Wildman–Crippen LogP) is 30.6. The molecule has 8 heteroatoms. The molecule has 0 saturated heterocycles. The van der Waals surface area contributed by atoms with Gasteiger partial charge < -0.3 is 4.42 Å². The molecule has 4 heterocycles. The number of benzene rings is 19. The van der Waals surface area contributed by atoms with Crippen molar-refractivity contribution in [3.05, 3.63) is 506 Å². The third kappa shape index (κ3) is 12.8. The summed E-state index contributed by atoms with van der Waals surface area (Å²) in [5.74, 6) is 3.77. The molecule has 0 bridgehead atoms. The van der Waals surface area contributed by atoms with E-state index in [-0.39, 0.29) is 0 Å². The highest BCUT2D eigenvalue weighted by molar-refractivity contribution is 7.25. The maximum atomic E-state index is 6.79. The SMILES string of the molecule is c1ccc(-c2ccc(-c3nc(-c4cccc(-c5ccccc5)c4)nc(-c4ccccc4-c4ccc5oc6cc(C7(c8ccccc8)c8ccccc8-c8ccccc87)ccc6c5c4)n3)cc2)cc1.c1ccc(-c2nc(-c3ccccc3)nc(-c3cc(-c4ccc5c(c4)sc4cc(C6(c7ccccc7)c7ccccc7-c7ccccc76)ccc45)cc4ccccc34)n2)cc1. The third-order valence-electron chi connectivity index (χ3n) is 25.9. The molecule has 0 saturated carbocycles. The minimum atomic E-state index is -0.513. The maximum absolute atomic E-state index is 6.79. The van der Waals surface area contributed by atoms with Gasteiger partial charge >= 0.3 is 0 Å². The first-order valence-corrected chi connectivity index (χ1v) is 44.2. The summed E-state index contributed by atoms with van der Waals surface area (Å²) in [5.41, 5.74) is 30.5. The molecule has 128 heavy (non-hydrogen) atoms. The Morgan fingerprint density at radius 1 is 0.172 bits per heavy atom. The topological polar surface area (TPSA) is 90.5 Å². The lowest BCUT2D eigenvalue weighted by molar-refractivity contribution is 0.665. The van der Waals surface area contributed by atoms with E-state index in [1.54, 1.807) is 0 Å². The minimum Gasteiger partial charge on any atom is -0.456 e. The Balaban J connectivity index is 0.000000144. The Morgan fingerprint density at radius 3 is 1.09 bits per heavy atom. The molecule has 2 aliphatic rings. The zero-order chi connectivity index (χ0) is 84.6. The van der Waals surface area contributed by atoms with Gasteiger partial charge in [0.15, 0.2) is 34.9 Å². The summed E-state index contributed by atoms with van der Waals surface area (Å²) in [6, 6.07) is 165. The molecule has 0 spiro atoms. The Kier molecular flexibility index (Phi) is 18.4. The van der Waals surface area contributed by atoms with Crippen LogP contribution in [0.25, 0.3) is 188 Å². The molecular formula is C120H76N6OS. The Labute approximate surface area is 744 Å². The Bertz CT molecular complexity index is 8090. The zero-order valence-corrected chi connectivity index (χ0v) is 70.2. The van der Waals surface area contributed by atoms with Gasteiger partial charge in [-0.15, -0.1) is 11.3 Å². The van der Waals surface area contributed by atoms with Crippen LogP contribution in [0.3, 0.4) is 0 Å². The quantitative estimate of drug-likeness (QED) is 0.107. The first-order chi connectivity index (χ1) is 63.4. The summed E-state index contributed by atoms with van der Waals surface area (Å²) >= 11 is 1.87. The van der Waals surface area contributed by atoms with Crippen molar-refractivity contribution in [2.75, 3.05) is 0 Å². The number of hydrogen-bond acceptors (Lipinski definition) is 8. The van der Waals surface area contributed by atoms with E-state index in [0.717, 1.165) is 111 Å². The Hall–Kier alpha value is -16.5. The van der Waals surface area contributed by atoms with E-state index in [4.69, 9.17) is 34.3 Å². The summed E-state index contributed by atoms with van der Waals surface area (Å²) in [6.07, 6.45) is 0. The first-order valence-electron chi connectivity index (χ1n) is 43.4. The molecule has 0 N–H and O–H groups in total. The maximum Gasteiger partial charge on any atom is 0.164 e. The van der Waals surface area contributed by atoms with Gasteiger partial charge in [0.25, 0.3) is 0 Å². The summed E-state index contributed by atoms with van der Waals surface area (Å²) in [4.78, 5) is 30.9. The van der Waals surface area contributed by atoms with E-state index in [1.165, 1.54) is 86.9 Å². The molecule has 0 radical (unpaired) electrons. The van der Waals surface area contributed by atoms with Crippen molar-refractivity contribution in [2.24, 2.45) is 0 Å². The summed E-state index contributed by atoms with van der Waals surface area (Å²) in [7, 11) is 0. The molecular weight excluding hydrogens is 1570 g/mol. The fourth-order valence-corrected chi connectivity index (χ4v) is 21.2. The standard InChI is InChI=1S/C64H41N3O.C56H35N3S/c1-4-17-42(18-5-1)44-31-33-45(34-32-44)61-65-62(48-22-16-21-46(39-48)43-19-6-2-7-20-43)67-63(66-61)55-28-11-10-25-51(55)47-35-38-59-56(40-47)54-37-36-50(41-60(54)68-59)64(49-23-8-3-9-24-49)57-29-14-12-26-52(57)53-27-13-15-30-58(53)64;1-4-16-36(17-5-1)53-57-54(37-18-6-2-7-19-37)59-55(58-53)48-33-40(32-39-20-10-11-23-43(39)48)38-28-30-46-47-31-29-42(35-52(47)60-51(46)34-38)56(41-21-8-3-9-22-41)49-26-14-12-24-44(49)45-25-13-15-27-50(45)56/h1-41H;1-35H. The van der Waals surface area contributed by atoms with Crippen molar-refractivity contribution >= 4 is 64.2 Å². The van der Waals surface area contributed by atoms with Crippen molar-refractivity contribution in [3.63, 3.8) is 0 Å². The van der Waals surface area contributed by atoms with E-state index >= 15 is 0 Å². The lowest BCUT2D eigenvalue weighted by Crippen LogP contribution is -2.28. The van der Waals surface area contributed by atoms with Crippen molar-refractivity contribution in [3.8, 4) is 135 Å². The van der Waals surface area contributed by atoms with Gasteiger partial charge in [-0.25, -0.2) is 29.9 Å². The summed E-state index contributed by atoms with van der Waals surface area (Å²) in [5, 5.41) is 6.89. The predicted molar refractivity (Wildman–Crippen MR) is 526 cm³/mol. The lowest BCUT2D eigenvalue weighted by atomic mass is 9.67. The number of hydrogen-bond donors (Lipinski definition) is 0. The van der Waals surface area contributed by atoms with Gasteiger partial charge in [-0.3, -0.25) is 0 Å². The van der Waals surface area contributed by atoms with Crippen LogP contribution in [0.5, 0.6) is 0 Å². The van der Waals surface area contributed by atoms with Gasteiger partial charge in [-0.2, -0.15) is 0 Å².